The van der Waals surface area contributed by atoms with Crippen LogP contribution < -0.4 is 15.9 Å². The van der Waals surface area contributed by atoms with Crippen molar-refractivity contribution in [2.75, 3.05) is 12.8 Å². The summed E-state index contributed by atoms with van der Waals surface area (Å²) in [6.45, 7) is 0.0263. The Morgan fingerprint density at radius 1 is 1.39 bits per heavy atom. The molecule has 1 amide bonds. The van der Waals surface area contributed by atoms with Crippen molar-refractivity contribution in [2.45, 2.75) is 6.54 Å². The van der Waals surface area contributed by atoms with Gasteiger partial charge in [-0.3, -0.25) is 14.2 Å². The maximum absolute atomic E-state index is 11.7. The molecule has 0 radical (unpaired) electrons. The van der Waals surface area contributed by atoms with E-state index in [1.54, 1.807) is 24.6 Å². The van der Waals surface area contributed by atoms with Gasteiger partial charge >= 0.3 is 4.87 Å². The molecule has 2 aromatic rings. The van der Waals surface area contributed by atoms with Crippen molar-refractivity contribution >= 4 is 22.9 Å². The minimum Gasteiger partial charge on any atom is -0.399 e. The fourth-order valence-electron chi connectivity index (χ4n) is 1.58. The number of aromatic nitrogens is 1. The number of nitrogens with zero attached hydrogens (tertiary/aromatic N) is 1. The summed E-state index contributed by atoms with van der Waals surface area (Å²) in [7, 11) is 1.54. The number of carbonyl (C=O) groups is 1. The highest BCUT2D eigenvalue weighted by Crippen LogP contribution is 2.21. The van der Waals surface area contributed by atoms with Gasteiger partial charge in [0.25, 0.3) is 0 Å². The van der Waals surface area contributed by atoms with Crippen molar-refractivity contribution < 1.29 is 4.79 Å². The fourth-order valence-corrected chi connectivity index (χ4v) is 2.35. The van der Waals surface area contributed by atoms with Gasteiger partial charge in [-0.15, -0.1) is 0 Å². The molecule has 94 valence electrons. The molecule has 2 rings (SSSR count). The molecular weight excluding hydrogens is 250 g/mol. The lowest BCUT2D eigenvalue weighted by atomic mass is 10.1. The normalized spacial score (nSPS) is 10.3. The molecule has 0 bridgehead atoms. The smallest absolute Gasteiger partial charge is 0.308 e. The van der Waals surface area contributed by atoms with E-state index in [2.05, 4.69) is 5.32 Å². The molecule has 0 aliphatic heterocycles. The van der Waals surface area contributed by atoms with Gasteiger partial charge in [0.05, 0.1) is 5.69 Å². The number of amides is 1. The van der Waals surface area contributed by atoms with E-state index in [0.29, 0.717) is 5.69 Å². The second-order valence-corrected chi connectivity index (χ2v) is 4.59. The van der Waals surface area contributed by atoms with E-state index in [-0.39, 0.29) is 17.3 Å². The molecule has 18 heavy (non-hydrogen) atoms. The van der Waals surface area contributed by atoms with E-state index in [1.165, 1.54) is 4.57 Å². The predicted octanol–water partition coefficient (Wildman–Crippen LogP) is 0.905. The van der Waals surface area contributed by atoms with Crippen LogP contribution in [-0.2, 0) is 11.3 Å². The fraction of sp³-hybridized carbons (Fsp3) is 0.167. The first-order valence-corrected chi connectivity index (χ1v) is 6.24. The Balaban J connectivity index is 2.42. The summed E-state index contributed by atoms with van der Waals surface area (Å²) in [6.07, 6.45) is 0. The predicted molar refractivity (Wildman–Crippen MR) is 72.5 cm³/mol. The number of benzene rings is 1. The summed E-state index contributed by atoms with van der Waals surface area (Å²) in [4.78, 5) is 22.9. The number of rotatable bonds is 3. The summed E-state index contributed by atoms with van der Waals surface area (Å²) >= 11 is 1.08. The van der Waals surface area contributed by atoms with Crippen LogP contribution in [0.4, 0.5) is 5.69 Å². The van der Waals surface area contributed by atoms with E-state index in [1.807, 2.05) is 12.1 Å². The van der Waals surface area contributed by atoms with Gasteiger partial charge in [0, 0.05) is 18.1 Å². The Labute approximate surface area is 108 Å². The van der Waals surface area contributed by atoms with Gasteiger partial charge in [-0.05, 0) is 17.7 Å². The molecule has 0 unspecified atom stereocenters. The average molecular weight is 263 g/mol. The molecule has 0 saturated heterocycles. The van der Waals surface area contributed by atoms with Gasteiger partial charge in [0.1, 0.15) is 6.54 Å². The minimum absolute atomic E-state index is 0.0263. The lowest BCUT2D eigenvalue weighted by Crippen LogP contribution is -2.28. The second-order valence-electron chi connectivity index (χ2n) is 3.77. The molecule has 0 aliphatic carbocycles. The van der Waals surface area contributed by atoms with Gasteiger partial charge in [-0.25, -0.2) is 0 Å². The second kappa shape index (κ2) is 5.05. The van der Waals surface area contributed by atoms with Gasteiger partial charge in [0.15, 0.2) is 0 Å². The molecule has 1 aromatic carbocycles. The van der Waals surface area contributed by atoms with Crippen LogP contribution in [0.3, 0.4) is 0 Å². The molecule has 0 fully saturated rings. The van der Waals surface area contributed by atoms with Crippen molar-refractivity contribution in [1.82, 2.24) is 9.88 Å². The maximum Gasteiger partial charge on any atom is 0.308 e. The van der Waals surface area contributed by atoms with Crippen LogP contribution in [0.15, 0.2) is 34.4 Å². The van der Waals surface area contributed by atoms with Gasteiger partial charge in [-0.1, -0.05) is 23.5 Å². The van der Waals surface area contributed by atoms with Crippen LogP contribution in [-0.4, -0.2) is 17.5 Å². The number of hydrogen-bond acceptors (Lipinski definition) is 4. The Morgan fingerprint density at radius 2 is 2.06 bits per heavy atom. The van der Waals surface area contributed by atoms with Crippen molar-refractivity contribution in [3.8, 4) is 11.3 Å². The lowest BCUT2D eigenvalue weighted by molar-refractivity contribution is -0.121. The van der Waals surface area contributed by atoms with Crippen LogP contribution in [0.1, 0.15) is 0 Å². The third kappa shape index (κ3) is 2.43. The SMILES string of the molecule is CNC(=O)Cn1c(-c2ccc(N)cc2)csc1=O. The number of thiazole rings is 1. The topological polar surface area (TPSA) is 77.1 Å². The zero-order valence-corrected chi connectivity index (χ0v) is 10.7. The maximum atomic E-state index is 11.7. The van der Waals surface area contributed by atoms with E-state index in [0.717, 1.165) is 22.6 Å². The van der Waals surface area contributed by atoms with Crippen LogP contribution in [0.5, 0.6) is 0 Å². The molecule has 0 aliphatic rings. The number of nitrogens with one attached hydrogen (secondary N) is 1. The molecule has 0 spiro atoms. The molecule has 5 nitrogen and oxygen atoms in total. The zero-order valence-electron chi connectivity index (χ0n) is 9.84. The summed E-state index contributed by atoms with van der Waals surface area (Å²) in [6, 6.07) is 7.19. The third-order valence-electron chi connectivity index (χ3n) is 2.57. The highest BCUT2D eigenvalue weighted by Gasteiger charge is 2.11. The first-order valence-electron chi connectivity index (χ1n) is 5.36. The molecule has 6 heteroatoms. The lowest BCUT2D eigenvalue weighted by Gasteiger charge is -2.07. The number of nitrogens with two attached hydrogens (primary N) is 1. The first kappa shape index (κ1) is 12.4. The monoisotopic (exact) mass is 263 g/mol. The first-order chi connectivity index (χ1) is 8.61. The minimum atomic E-state index is -0.202. The van der Waals surface area contributed by atoms with E-state index in [9.17, 15) is 9.59 Å². The highest BCUT2D eigenvalue weighted by atomic mass is 32.1. The van der Waals surface area contributed by atoms with E-state index in [4.69, 9.17) is 5.73 Å². The van der Waals surface area contributed by atoms with Crippen molar-refractivity contribution in [3.63, 3.8) is 0 Å². The molecule has 0 atom stereocenters. The summed E-state index contributed by atoms with van der Waals surface area (Å²) < 4.78 is 1.45. The molecular formula is C12H13N3O2S. The average Bonchev–Trinajstić information content (AvgIpc) is 2.72. The van der Waals surface area contributed by atoms with Gasteiger partial charge in [0.2, 0.25) is 5.91 Å². The Kier molecular flexibility index (Phi) is 3.47. The number of likely N-dealkylation sites (N-methyl/N-ethyl adjacent to an activating group) is 1. The standard InChI is InChI=1S/C12H13N3O2S/c1-14-11(16)6-15-10(7-18-12(15)17)8-2-4-9(13)5-3-8/h2-5,7H,6,13H2,1H3,(H,14,16). The zero-order chi connectivity index (χ0) is 13.1. The summed E-state index contributed by atoms with van der Waals surface area (Å²) in [5.74, 6) is -0.202. The van der Waals surface area contributed by atoms with Crippen LogP contribution in [0.25, 0.3) is 11.3 Å². The number of nitrogen functional groups attached to an aromatic ring is 1. The van der Waals surface area contributed by atoms with Crippen LogP contribution >= 0.6 is 11.3 Å². The summed E-state index contributed by atoms with van der Waals surface area (Å²) in [5.41, 5.74) is 7.88. The van der Waals surface area contributed by atoms with E-state index >= 15 is 0 Å². The van der Waals surface area contributed by atoms with Gasteiger partial charge in [-0.2, -0.15) is 0 Å². The molecule has 3 N–H and O–H groups in total. The molecule has 1 aromatic heterocycles. The summed E-state index contributed by atoms with van der Waals surface area (Å²) in [5, 5.41) is 4.25. The van der Waals surface area contributed by atoms with Crippen LogP contribution in [0, 0.1) is 0 Å². The third-order valence-corrected chi connectivity index (χ3v) is 3.33. The number of hydrogen-bond donors (Lipinski definition) is 2. The Morgan fingerprint density at radius 3 is 2.67 bits per heavy atom. The van der Waals surface area contributed by atoms with Gasteiger partial charge < -0.3 is 11.1 Å². The molecule has 1 heterocycles. The highest BCUT2D eigenvalue weighted by molar-refractivity contribution is 7.07. The number of anilines is 1. The number of carbonyl (C=O) groups excluding carboxylic acids is 1. The van der Waals surface area contributed by atoms with Crippen LogP contribution in [0.2, 0.25) is 0 Å². The Bertz CT molecular complexity index is 613. The van der Waals surface area contributed by atoms with Crippen molar-refractivity contribution in [2.24, 2.45) is 0 Å². The largest absolute Gasteiger partial charge is 0.399 e. The quantitative estimate of drug-likeness (QED) is 0.808. The molecule has 0 saturated carbocycles. The van der Waals surface area contributed by atoms with Crippen molar-refractivity contribution in [1.29, 1.82) is 0 Å². The van der Waals surface area contributed by atoms with E-state index < -0.39 is 0 Å². The Hall–Kier alpha value is -2.08. The van der Waals surface area contributed by atoms with Crippen molar-refractivity contribution in [3.05, 3.63) is 39.3 Å².